The molecule has 0 aromatic rings. The van der Waals surface area contributed by atoms with Crippen LogP contribution in [0.15, 0.2) is 0 Å². The SMILES string of the molecule is CCCCOC(=O)C(C)(O)CC(=O)O. The molecule has 82 valence electrons. The lowest BCUT2D eigenvalue weighted by Crippen LogP contribution is -2.39. The minimum absolute atomic E-state index is 0.213. The Balaban J connectivity index is 4.01. The van der Waals surface area contributed by atoms with Crippen molar-refractivity contribution in [3.63, 3.8) is 0 Å². The third-order valence-corrected chi connectivity index (χ3v) is 1.67. The lowest BCUT2D eigenvalue weighted by molar-refractivity contribution is -0.169. The van der Waals surface area contributed by atoms with Crippen LogP contribution >= 0.6 is 0 Å². The van der Waals surface area contributed by atoms with Gasteiger partial charge in [0.05, 0.1) is 13.0 Å². The van der Waals surface area contributed by atoms with Crippen molar-refractivity contribution in [1.82, 2.24) is 0 Å². The number of hydrogen-bond donors (Lipinski definition) is 2. The summed E-state index contributed by atoms with van der Waals surface area (Å²) in [6.45, 7) is 3.28. The van der Waals surface area contributed by atoms with Gasteiger partial charge in [0.25, 0.3) is 0 Å². The van der Waals surface area contributed by atoms with Gasteiger partial charge in [0, 0.05) is 0 Å². The lowest BCUT2D eigenvalue weighted by atomic mass is 10.0. The van der Waals surface area contributed by atoms with E-state index >= 15 is 0 Å². The quantitative estimate of drug-likeness (QED) is 0.487. The first-order chi connectivity index (χ1) is 6.40. The molecule has 0 saturated carbocycles. The normalized spacial score (nSPS) is 14.5. The van der Waals surface area contributed by atoms with Crippen molar-refractivity contribution in [3.05, 3.63) is 0 Å². The molecule has 0 aliphatic rings. The summed E-state index contributed by atoms with van der Waals surface area (Å²) in [6.07, 6.45) is 0.932. The standard InChI is InChI=1S/C9H16O5/c1-3-4-5-14-8(12)9(2,13)6-7(10)11/h13H,3-6H2,1-2H3,(H,10,11). The van der Waals surface area contributed by atoms with E-state index in [9.17, 15) is 14.7 Å². The molecule has 0 bridgehead atoms. The molecule has 0 spiro atoms. The van der Waals surface area contributed by atoms with Crippen LogP contribution in [0.3, 0.4) is 0 Å². The van der Waals surface area contributed by atoms with E-state index in [1.165, 1.54) is 0 Å². The predicted octanol–water partition coefficient (Wildman–Crippen LogP) is 0.555. The van der Waals surface area contributed by atoms with Crippen LogP contribution in [0, 0.1) is 0 Å². The summed E-state index contributed by atoms with van der Waals surface area (Å²) in [5.74, 6) is -2.12. The van der Waals surface area contributed by atoms with Crippen molar-refractivity contribution in [3.8, 4) is 0 Å². The average molecular weight is 204 g/mol. The first-order valence-corrected chi connectivity index (χ1v) is 4.51. The minimum atomic E-state index is -1.93. The summed E-state index contributed by atoms with van der Waals surface area (Å²) in [5, 5.41) is 17.8. The number of rotatable bonds is 6. The first kappa shape index (κ1) is 12.9. The van der Waals surface area contributed by atoms with Crippen molar-refractivity contribution in [1.29, 1.82) is 0 Å². The van der Waals surface area contributed by atoms with Crippen molar-refractivity contribution in [2.45, 2.75) is 38.7 Å². The summed E-state index contributed by atoms with van der Waals surface area (Å²) >= 11 is 0. The number of carbonyl (C=O) groups is 2. The second-order valence-corrected chi connectivity index (χ2v) is 3.33. The third kappa shape index (κ3) is 4.81. The fourth-order valence-electron chi connectivity index (χ4n) is 0.831. The molecule has 0 aliphatic heterocycles. The Kier molecular flexibility index (Phi) is 5.15. The molecule has 14 heavy (non-hydrogen) atoms. The number of carboxylic acid groups (broad SMARTS) is 1. The zero-order chi connectivity index (χ0) is 11.2. The molecule has 0 amide bonds. The molecule has 0 aromatic carbocycles. The minimum Gasteiger partial charge on any atom is -0.481 e. The molecule has 1 unspecified atom stereocenters. The van der Waals surface area contributed by atoms with Crippen LogP contribution in [0.4, 0.5) is 0 Å². The van der Waals surface area contributed by atoms with E-state index in [2.05, 4.69) is 0 Å². The van der Waals surface area contributed by atoms with E-state index in [0.717, 1.165) is 13.3 Å². The van der Waals surface area contributed by atoms with Crippen molar-refractivity contribution >= 4 is 11.9 Å². The number of ether oxygens (including phenoxy) is 1. The Labute approximate surface area is 82.7 Å². The van der Waals surface area contributed by atoms with Crippen LogP contribution in [0.25, 0.3) is 0 Å². The number of aliphatic carboxylic acids is 1. The number of carbonyl (C=O) groups excluding carboxylic acids is 1. The molecular weight excluding hydrogens is 188 g/mol. The zero-order valence-electron chi connectivity index (χ0n) is 8.45. The van der Waals surface area contributed by atoms with Crippen LogP contribution in [0.5, 0.6) is 0 Å². The maximum absolute atomic E-state index is 11.1. The topological polar surface area (TPSA) is 83.8 Å². The number of hydrogen-bond acceptors (Lipinski definition) is 4. The molecule has 0 aliphatic carbocycles. The number of carboxylic acids is 1. The smallest absolute Gasteiger partial charge is 0.338 e. The molecule has 0 heterocycles. The maximum atomic E-state index is 11.1. The van der Waals surface area contributed by atoms with Gasteiger partial charge in [-0.2, -0.15) is 0 Å². The van der Waals surface area contributed by atoms with Crippen LogP contribution in [-0.2, 0) is 14.3 Å². The Bertz CT molecular complexity index is 209. The lowest BCUT2D eigenvalue weighted by Gasteiger charge is -2.18. The molecule has 5 nitrogen and oxygen atoms in total. The zero-order valence-corrected chi connectivity index (χ0v) is 8.45. The van der Waals surface area contributed by atoms with E-state index in [4.69, 9.17) is 9.84 Å². The van der Waals surface area contributed by atoms with E-state index < -0.39 is 24.0 Å². The van der Waals surface area contributed by atoms with Gasteiger partial charge < -0.3 is 14.9 Å². The van der Waals surface area contributed by atoms with Gasteiger partial charge in [-0.1, -0.05) is 13.3 Å². The molecule has 0 rings (SSSR count). The van der Waals surface area contributed by atoms with Crippen molar-refractivity contribution < 1.29 is 24.5 Å². The van der Waals surface area contributed by atoms with E-state index in [1.54, 1.807) is 0 Å². The molecular formula is C9H16O5. The van der Waals surface area contributed by atoms with Gasteiger partial charge in [-0.05, 0) is 13.3 Å². The summed E-state index contributed by atoms with van der Waals surface area (Å²) in [5.41, 5.74) is -1.93. The third-order valence-electron chi connectivity index (χ3n) is 1.67. The molecule has 2 N–H and O–H groups in total. The second kappa shape index (κ2) is 5.59. The maximum Gasteiger partial charge on any atom is 0.338 e. The van der Waals surface area contributed by atoms with Crippen LogP contribution in [-0.4, -0.2) is 34.4 Å². The Hall–Kier alpha value is -1.10. The largest absolute Gasteiger partial charge is 0.481 e. The fraction of sp³-hybridized carbons (Fsp3) is 0.778. The average Bonchev–Trinajstić information content (AvgIpc) is 2.02. The van der Waals surface area contributed by atoms with Crippen LogP contribution < -0.4 is 0 Å². The summed E-state index contributed by atoms with van der Waals surface area (Å²) in [7, 11) is 0. The van der Waals surface area contributed by atoms with Crippen LogP contribution in [0.1, 0.15) is 33.1 Å². The Morgan fingerprint density at radius 3 is 2.43 bits per heavy atom. The summed E-state index contributed by atoms with van der Waals surface area (Å²) in [4.78, 5) is 21.4. The monoisotopic (exact) mass is 204 g/mol. The second-order valence-electron chi connectivity index (χ2n) is 3.33. The predicted molar refractivity (Wildman–Crippen MR) is 48.7 cm³/mol. The highest BCUT2D eigenvalue weighted by Crippen LogP contribution is 2.11. The van der Waals surface area contributed by atoms with Gasteiger partial charge in [0.2, 0.25) is 0 Å². The Morgan fingerprint density at radius 2 is 2.00 bits per heavy atom. The van der Waals surface area contributed by atoms with Gasteiger partial charge in [0.15, 0.2) is 5.60 Å². The number of unbranched alkanes of at least 4 members (excludes halogenated alkanes) is 1. The van der Waals surface area contributed by atoms with E-state index in [0.29, 0.717) is 6.42 Å². The molecule has 5 heteroatoms. The molecule has 0 fully saturated rings. The summed E-state index contributed by atoms with van der Waals surface area (Å²) < 4.78 is 4.70. The van der Waals surface area contributed by atoms with Gasteiger partial charge >= 0.3 is 11.9 Å². The molecule has 0 aromatic heterocycles. The summed E-state index contributed by atoms with van der Waals surface area (Å²) in [6, 6.07) is 0. The highest BCUT2D eigenvalue weighted by Gasteiger charge is 2.34. The van der Waals surface area contributed by atoms with Crippen LogP contribution in [0.2, 0.25) is 0 Å². The van der Waals surface area contributed by atoms with E-state index in [-0.39, 0.29) is 6.61 Å². The molecule has 1 atom stereocenters. The van der Waals surface area contributed by atoms with E-state index in [1.807, 2.05) is 6.92 Å². The first-order valence-electron chi connectivity index (χ1n) is 4.51. The fourth-order valence-corrected chi connectivity index (χ4v) is 0.831. The van der Waals surface area contributed by atoms with Gasteiger partial charge in [-0.25, -0.2) is 4.79 Å². The van der Waals surface area contributed by atoms with Crippen molar-refractivity contribution in [2.75, 3.05) is 6.61 Å². The van der Waals surface area contributed by atoms with Gasteiger partial charge in [-0.15, -0.1) is 0 Å². The number of aliphatic hydroxyl groups is 1. The highest BCUT2D eigenvalue weighted by molar-refractivity contribution is 5.84. The number of esters is 1. The van der Waals surface area contributed by atoms with Gasteiger partial charge in [0.1, 0.15) is 0 Å². The Morgan fingerprint density at radius 1 is 1.43 bits per heavy atom. The highest BCUT2D eigenvalue weighted by atomic mass is 16.5. The molecule has 0 saturated heterocycles. The molecule has 0 radical (unpaired) electrons. The van der Waals surface area contributed by atoms with Gasteiger partial charge in [-0.3, -0.25) is 4.79 Å². The van der Waals surface area contributed by atoms with Crippen molar-refractivity contribution in [2.24, 2.45) is 0 Å².